The lowest BCUT2D eigenvalue weighted by Crippen LogP contribution is -2.34. The molecule has 0 saturated heterocycles. The Labute approximate surface area is 136 Å². The summed E-state index contributed by atoms with van der Waals surface area (Å²) >= 11 is 3.40. The molecule has 0 amide bonds. The summed E-state index contributed by atoms with van der Waals surface area (Å²) in [7, 11) is 0. The molecule has 2 heterocycles. The summed E-state index contributed by atoms with van der Waals surface area (Å²) in [4.78, 5) is 24.0. The number of rotatable bonds is 3. The van der Waals surface area contributed by atoms with Gasteiger partial charge in [-0.2, -0.15) is 0 Å². The lowest BCUT2D eigenvalue weighted by atomic mass is 9.79. The number of cyclic esters (lactones) is 1. The molecule has 0 aromatic heterocycles. The first kappa shape index (κ1) is 15.1. The quantitative estimate of drug-likeness (QED) is 0.769. The number of esters is 2. The Morgan fingerprint density at radius 2 is 2.05 bits per heavy atom. The maximum Gasteiger partial charge on any atom is 0.374 e. The zero-order chi connectivity index (χ0) is 15.7. The number of halogens is 1. The van der Waals surface area contributed by atoms with E-state index >= 15 is 0 Å². The Bertz CT molecular complexity index is 634. The predicted octanol–water partition coefficient (Wildman–Crippen LogP) is 2.55. The maximum absolute atomic E-state index is 12.3. The summed E-state index contributed by atoms with van der Waals surface area (Å²) in [5, 5.41) is 0. The first-order chi connectivity index (χ1) is 10.6. The summed E-state index contributed by atoms with van der Waals surface area (Å²) in [6.45, 7) is 2.35. The van der Waals surface area contributed by atoms with Crippen LogP contribution >= 0.6 is 15.9 Å². The fraction of sp³-hybridized carbons (Fsp3) is 0.375. The van der Waals surface area contributed by atoms with Gasteiger partial charge in [0.25, 0.3) is 0 Å². The van der Waals surface area contributed by atoms with Crippen molar-refractivity contribution in [2.45, 2.75) is 12.8 Å². The molecule has 0 fully saturated rings. The average Bonchev–Trinajstić information content (AvgIpc) is 2.89. The summed E-state index contributed by atoms with van der Waals surface area (Å²) in [5.74, 6) is -1.27. The zero-order valence-electron chi connectivity index (χ0n) is 12.0. The van der Waals surface area contributed by atoms with Crippen molar-refractivity contribution in [2.24, 2.45) is 5.92 Å². The molecule has 1 aromatic carbocycles. The Balaban J connectivity index is 2.02. The van der Waals surface area contributed by atoms with Crippen LogP contribution in [0.2, 0.25) is 0 Å². The van der Waals surface area contributed by atoms with Gasteiger partial charge in [-0.15, -0.1) is 0 Å². The minimum Gasteiger partial charge on any atom is -0.486 e. The molecule has 1 aromatic rings. The molecule has 0 aliphatic carbocycles. The van der Waals surface area contributed by atoms with Crippen molar-refractivity contribution in [3.63, 3.8) is 0 Å². The molecule has 0 spiro atoms. The van der Waals surface area contributed by atoms with Crippen LogP contribution in [0.3, 0.4) is 0 Å². The molecule has 3 rings (SSSR count). The molecule has 2 unspecified atom stereocenters. The predicted molar refractivity (Wildman–Crippen MR) is 80.9 cm³/mol. The molecule has 22 heavy (non-hydrogen) atoms. The van der Waals surface area contributed by atoms with Crippen LogP contribution in [0.1, 0.15) is 18.4 Å². The van der Waals surface area contributed by atoms with Gasteiger partial charge in [-0.3, -0.25) is 4.79 Å². The van der Waals surface area contributed by atoms with Gasteiger partial charge in [0.15, 0.2) is 0 Å². The summed E-state index contributed by atoms with van der Waals surface area (Å²) < 4.78 is 16.6. The van der Waals surface area contributed by atoms with E-state index in [0.29, 0.717) is 6.61 Å². The largest absolute Gasteiger partial charge is 0.486 e. The van der Waals surface area contributed by atoms with E-state index in [2.05, 4.69) is 15.9 Å². The second-order valence-corrected chi connectivity index (χ2v) is 6.04. The molecule has 6 heteroatoms. The Morgan fingerprint density at radius 1 is 1.32 bits per heavy atom. The normalized spacial score (nSPS) is 23.6. The number of ether oxygens (including phenoxy) is 3. The second kappa shape index (κ2) is 6.12. The SMILES string of the molecule is CCOC(=O)C1COC2=C(COC2=O)C1c1ccc(Br)cc1. The molecule has 0 N–H and O–H groups in total. The van der Waals surface area contributed by atoms with E-state index < -0.39 is 11.9 Å². The molecular weight excluding hydrogens is 352 g/mol. The zero-order valence-corrected chi connectivity index (χ0v) is 13.6. The van der Waals surface area contributed by atoms with Crippen LogP contribution < -0.4 is 0 Å². The smallest absolute Gasteiger partial charge is 0.374 e. The Hall–Kier alpha value is -1.82. The van der Waals surface area contributed by atoms with Gasteiger partial charge < -0.3 is 14.2 Å². The third-order valence-electron chi connectivity index (χ3n) is 3.84. The third-order valence-corrected chi connectivity index (χ3v) is 4.37. The van der Waals surface area contributed by atoms with E-state index in [0.717, 1.165) is 15.6 Å². The van der Waals surface area contributed by atoms with Crippen molar-refractivity contribution < 1.29 is 23.8 Å². The van der Waals surface area contributed by atoms with Gasteiger partial charge in [0, 0.05) is 16.0 Å². The second-order valence-electron chi connectivity index (χ2n) is 5.13. The molecule has 0 saturated carbocycles. The van der Waals surface area contributed by atoms with E-state index in [1.165, 1.54) is 0 Å². The fourth-order valence-corrected chi connectivity index (χ4v) is 3.12. The van der Waals surface area contributed by atoms with E-state index in [4.69, 9.17) is 14.2 Å². The van der Waals surface area contributed by atoms with Gasteiger partial charge in [-0.25, -0.2) is 4.79 Å². The van der Waals surface area contributed by atoms with Crippen LogP contribution in [-0.2, 0) is 23.8 Å². The van der Waals surface area contributed by atoms with E-state index in [-0.39, 0.29) is 30.9 Å². The van der Waals surface area contributed by atoms with Gasteiger partial charge >= 0.3 is 11.9 Å². The van der Waals surface area contributed by atoms with Gasteiger partial charge in [0.05, 0.1) is 6.61 Å². The van der Waals surface area contributed by atoms with Gasteiger partial charge in [0.2, 0.25) is 5.76 Å². The van der Waals surface area contributed by atoms with Crippen LogP contribution in [0.15, 0.2) is 40.1 Å². The lowest BCUT2D eigenvalue weighted by molar-refractivity contribution is -0.152. The van der Waals surface area contributed by atoms with Crippen molar-refractivity contribution in [1.29, 1.82) is 0 Å². The monoisotopic (exact) mass is 366 g/mol. The van der Waals surface area contributed by atoms with Crippen LogP contribution in [0, 0.1) is 5.92 Å². The van der Waals surface area contributed by atoms with Crippen molar-refractivity contribution >= 4 is 27.9 Å². The molecule has 2 aliphatic heterocycles. The molecule has 0 radical (unpaired) electrons. The van der Waals surface area contributed by atoms with Crippen molar-refractivity contribution in [1.82, 2.24) is 0 Å². The van der Waals surface area contributed by atoms with E-state index in [1.54, 1.807) is 6.92 Å². The number of hydrogen-bond donors (Lipinski definition) is 0. The Kier molecular flexibility index (Phi) is 4.20. The Morgan fingerprint density at radius 3 is 2.73 bits per heavy atom. The van der Waals surface area contributed by atoms with E-state index in [9.17, 15) is 9.59 Å². The summed E-state index contributed by atoms with van der Waals surface area (Å²) in [6.07, 6.45) is 0. The van der Waals surface area contributed by atoms with Gasteiger partial charge in [-0.05, 0) is 24.6 Å². The van der Waals surface area contributed by atoms with Crippen LogP contribution in [0.4, 0.5) is 0 Å². The molecule has 2 aliphatic rings. The lowest BCUT2D eigenvalue weighted by Gasteiger charge is -2.30. The fourth-order valence-electron chi connectivity index (χ4n) is 2.86. The number of hydrogen-bond acceptors (Lipinski definition) is 5. The maximum atomic E-state index is 12.3. The number of carbonyl (C=O) groups is 2. The molecule has 116 valence electrons. The minimum atomic E-state index is -0.477. The average molecular weight is 367 g/mol. The molecular formula is C16H15BrO5. The molecule has 2 atom stereocenters. The van der Waals surface area contributed by atoms with Crippen molar-refractivity contribution in [3.05, 3.63) is 45.6 Å². The molecule has 0 bridgehead atoms. The van der Waals surface area contributed by atoms with Crippen molar-refractivity contribution in [2.75, 3.05) is 19.8 Å². The first-order valence-electron chi connectivity index (χ1n) is 7.07. The summed E-state index contributed by atoms with van der Waals surface area (Å²) in [5.41, 5.74) is 1.66. The highest BCUT2D eigenvalue weighted by Gasteiger charge is 2.44. The highest BCUT2D eigenvalue weighted by Crippen LogP contribution is 2.42. The number of benzene rings is 1. The van der Waals surface area contributed by atoms with Crippen LogP contribution in [0.25, 0.3) is 0 Å². The van der Waals surface area contributed by atoms with Gasteiger partial charge in [-0.1, -0.05) is 28.1 Å². The highest BCUT2D eigenvalue weighted by molar-refractivity contribution is 9.10. The standard InChI is InChI=1S/C16H15BrO5/c1-2-20-15(18)12-8-21-14-11(7-22-16(14)19)13(12)9-3-5-10(17)6-4-9/h3-6,12-13H,2,7-8H2,1H3. The summed E-state index contributed by atoms with van der Waals surface area (Å²) in [6, 6.07) is 7.68. The molecule has 5 nitrogen and oxygen atoms in total. The first-order valence-corrected chi connectivity index (χ1v) is 7.86. The van der Waals surface area contributed by atoms with Gasteiger partial charge in [0.1, 0.15) is 19.1 Å². The third kappa shape index (κ3) is 2.63. The highest BCUT2D eigenvalue weighted by atomic mass is 79.9. The van der Waals surface area contributed by atoms with E-state index in [1.807, 2.05) is 24.3 Å². The minimum absolute atomic E-state index is 0.119. The van der Waals surface area contributed by atoms with Crippen LogP contribution in [-0.4, -0.2) is 31.8 Å². The topological polar surface area (TPSA) is 61.8 Å². The van der Waals surface area contributed by atoms with Crippen LogP contribution in [0.5, 0.6) is 0 Å². The number of carbonyl (C=O) groups excluding carboxylic acids is 2. The van der Waals surface area contributed by atoms with Crippen molar-refractivity contribution in [3.8, 4) is 0 Å².